The molecule has 0 aromatic heterocycles. The zero-order chi connectivity index (χ0) is 26.2. The first-order valence-corrected chi connectivity index (χ1v) is 13.3. The molecule has 0 aliphatic carbocycles. The average Bonchev–Trinajstić information content (AvgIpc) is 2.85. The molecule has 0 aromatic carbocycles. The minimum absolute atomic E-state index is 0.150. The SMILES string of the molecule is C=CC(C/C=C\COC(=O)CCN(CC)CCN(CCC)CCO)CC/C=C/COC(=O)CCC. The van der Waals surface area contributed by atoms with Crippen molar-refractivity contribution in [2.24, 2.45) is 5.92 Å². The maximum absolute atomic E-state index is 12.1. The van der Waals surface area contributed by atoms with Crippen LogP contribution in [-0.2, 0) is 19.1 Å². The van der Waals surface area contributed by atoms with Crippen molar-refractivity contribution < 1.29 is 24.2 Å². The van der Waals surface area contributed by atoms with Crippen LogP contribution in [0, 0.1) is 5.92 Å². The summed E-state index contributed by atoms with van der Waals surface area (Å²) in [4.78, 5) is 27.9. The molecule has 7 nitrogen and oxygen atoms in total. The number of nitrogens with zero attached hydrogens (tertiary/aromatic N) is 2. The number of ether oxygens (including phenoxy) is 2. The van der Waals surface area contributed by atoms with Gasteiger partial charge < -0.3 is 19.5 Å². The van der Waals surface area contributed by atoms with E-state index in [9.17, 15) is 14.7 Å². The largest absolute Gasteiger partial charge is 0.461 e. The lowest BCUT2D eigenvalue weighted by molar-refractivity contribution is -0.143. The van der Waals surface area contributed by atoms with Crippen LogP contribution in [0.5, 0.6) is 0 Å². The molecule has 1 unspecified atom stereocenters. The second-order valence-corrected chi connectivity index (χ2v) is 8.62. The Morgan fingerprint density at radius 3 is 2.09 bits per heavy atom. The van der Waals surface area contributed by atoms with Crippen molar-refractivity contribution in [3.63, 3.8) is 0 Å². The number of rotatable bonds is 23. The predicted molar refractivity (Wildman–Crippen MR) is 143 cm³/mol. The van der Waals surface area contributed by atoms with E-state index >= 15 is 0 Å². The lowest BCUT2D eigenvalue weighted by atomic mass is 9.99. The van der Waals surface area contributed by atoms with Gasteiger partial charge in [0.15, 0.2) is 0 Å². The van der Waals surface area contributed by atoms with Gasteiger partial charge in [-0.15, -0.1) is 6.58 Å². The molecule has 0 aliphatic heterocycles. The van der Waals surface area contributed by atoms with E-state index in [4.69, 9.17) is 9.47 Å². The summed E-state index contributed by atoms with van der Waals surface area (Å²) in [5.41, 5.74) is 0. The summed E-state index contributed by atoms with van der Waals surface area (Å²) < 4.78 is 10.4. The number of hydrogen-bond acceptors (Lipinski definition) is 7. The van der Waals surface area contributed by atoms with Gasteiger partial charge in [-0.1, -0.05) is 51.2 Å². The van der Waals surface area contributed by atoms with Crippen LogP contribution in [0.2, 0.25) is 0 Å². The van der Waals surface area contributed by atoms with E-state index in [1.165, 1.54) is 0 Å². The number of aliphatic hydroxyl groups excluding tert-OH is 1. The Hall–Kier alpha value is -1.96. The number of aliphatic hydroxyl groups is 1. The third-order valence-corrected chi connectivity index (χ3v) is 5.71. The molecule has 0 fully saturated rings. The van der Waals surface area contributed by atoms with Crippen LogP contribution >= 0.6 is 0 Å². The maximum Gasteiger partial charge on any atom is 0.307 e. The van der Waals surface area contributed by atoms with Gasteiger partial charge in [0.05, 0.1) is 13.0 Å². The summed E-state index contributed by atoms with van der Waals surface area (Å²) in [6, 6.07) is 0. The highest BCUT2D eigenvalue weighted by atomic mass is 16.5. The van der Waals surface area contributed by atoms with Gasteiger partial charge in [0, 0.05) is 32.6 Å². The highest BCUT2D eigenvalue weighted by molar-refractivity contribution is 5.69. The molecule has 0 amide bonds. The first-order valence-electron chi connectivity index (χ1n) is 13.3. The van der Waals surface area contributed by atoms with E-state index in [1.54, 1.807) is 0 Å². The molecule has 0 heterocycles. The van der Waals surface area contributed by atoms with Crippen LogP contribution in [0.25, 0.3) is 0 Å². The quantitative estimate of drug-likeness (QED) is 0.167. The summed E-state index contributed by atoms with van der Waals surface area (Å²) in [7, 11) is 0. The van der Waals surface area contributed by atoms with E-state index in [0.717, 1.165) is 58.3 Å². The van der Waals surface area contributed by atoms with Gasteiger partial charge in [0.25, 0.3) is 0 Å². The number of carbonyl (C=O) groups excluding carboxylic acids is 2. The van der Waals surface area contributed by atoms with Crippen molar-refractivity contribution in [3.8, 4) is 0 Å². The number of allylic oxidation sites excluding steroid dienone is 3. The molecule has 1 N–H and O–H groups in total. The fourth-order valence-electron chi connectivity index (χ4n) is 3.55. The smallest absolute Gasteiger partial charge is 0.307 e. The fraction of sp³-hybridized carbons (Fsp3) is 0.714. The van der Waals surface area contributed by atoms with E-state index in [0.29, 0.717) is 45.1 Å². The van der Waals surface area contributed by atoms with Crippen LogP contribution in [0.4, 0.5) is 0 Å². The number of esters is 2. The fourth-order valence-corrected chi connectivity index (χ4v) is 3.55. The molecule has 0 radical (unpaired) electrons. The lowest BCUT2D eigenvalue weighted by Crippen LogP contribution is -2.37. The summed E-state index contributed by atoms with van der Waals surface area (Å²) in [5, 5.41) is 9.18. The lowest BCUT2D eigenvalue weighted by Gasteiger charge is -2.26. The molecular weight excluding hydrogens is 444 g/mol. The van der Waals surface area contributed by atoms with Crippen LogP contribution in [-0.4, -0.2) is 85.9 Å². The molecule has 0 aliphatic rings. The van der Waals surface area contributed by atoms with Crippen molar-refractivity contribution in [1.29, 1.82) is 0 Å². The van der Waals surface area contributed by atoms with Gasteiger partial charge in [-0.05, 0) is 51.1 Å². The Morgan fingerprint density at radius 1 is 0.829 bits per heavy atom. The molecular formula is C28H50N2O5. The molecule has 0 saturated carbocycles. The maximum atomic E-state index is 12.1. The van der Waals surface area contributed by atoms with Gasteiger partial charge >= 0.3 is 11.9 Å². The first-order chi connectivity index (χ1) is 17.0. The zero-order valence-electron chi connectivity index (χ0n) is 22.5. The van der Waals surface area contributed by atoms with Crippen LogP contribution < -0.4 is 0 Å². The summed E-state index contributed by atoms with van der Waals surface area (Å²) in [6.07, 6.45) is 15.2. The Balaban J connectivity index is 4.03. The van der Waals surface area contributed by atoms with Crippen molar-refractivity contribution >= 4 is 11.9 Å². The number of hydrogen-bond donors (Lipinski definition) is 1. The van der Waals surface area contributed by atoms with Crippen LogP contribution in [0.1, 0.15) is 65.7 Å². The standard InChI is InChI=1S/C28H50N2O5/c1-5-14-27(32)34-24-12-9-10-15-26(7-3)16-11-13-25-35-28(33)17-19-29(8-4)20-21-30(18-6-2)22-23-31/h7,9,11-13,26,31H,3,5-6,8,10,14-25H2,1-2,4H3/b12-9+,13-11-. The van der Waals surface area contributed by atoms with Crippen molar-refractivity contribution in [1.82, 2.24) is 9.80 Å². The summed E-state index contributed by atoms with van der Waals surface area (Å²) >= 11 is 0. The van der Waals surface area contributed by atoms with Gasteiger partial charge in [0.1, 0.15) is 13.2 Å². The molecule has 202 valence electrons. The molecule has 1 atom stereocenters. The molecule has 0 spiro atoms. The van der Waals surface area contributed by atoms with Crippen molar-refractivity contribution in [2.75, 3.05) is 59.1 Å². The molecule has 0 saturated heterocycles. The van der Waals surface area contributed by atoms with Crippen LogP contribution in [0.3, 0.4) is 0 Å². The minimum Gasteiger partial charge on any atom is -0.461 e. The zero-order valence-corrected chi connectivity index (χ0v) is 22.5. The highest BCUT2D eigenvalue weighted by Crippen LogP contribution is 2.13. The molecule has 0 aromatic rings. The van der Waals surface area contributed by atoms with E-state index in [1.807, 2.05) is 37.3 Å². The van der Waals surface area contributed by atoms with Crippen molar-refractivity contribution in [3.05, 3.63) is 37.0 Å². The number of likely N-dealkylation sites (N-methyl/N-ethyl adjacent to an activating group) is 1. The summed E-state index contributed by atoms with van der Waals surface area (Å²) in [5.74, 6) is 0.0204. The predicted octanol–water partition coefficient (Wildman–Crippen LogP) is 4.37. The Bertz CT molecular complexity index is 600. The highest BCUT2D eigenvalue weighted by Gasteiger charge is 2.10. The first kappa shape index (κ1) is 33.0. The van der Waals surface area contributed by atoms with Gasteiger partial charge in [-0.2, -0.15) is 0 Å². The normalized spacial score (nSPS) is 12.6. The Morgan fingerprint density at radius 2 is 1.49 bits per heavy atom. The Labute approximate surface area is 213 Å². The minimum atomic E-state index is -0.182. The third kappa shape index (κ3) is 20.0. The second kappa shape index (κ2) is 23.8. The Kier molecular flexibility index (Phi) is 22.4. The third-order valence-electron chi connectivity index (χ3n) is 5.71. The molecule has 7 heteroatoms. The molecule has 35 heavy (non-hydrogen) atoms. The molecule has 0 rings (SSSR count). The van der Waals surface area contributed by atoms with E-state index in [2.05, 4.69) is 30.2 Å². The summed E-state index contributed by atoms with van der Waals surface area (Å²) in [6.45, 7) is 15.9. The van der Waals surface area contributed by atoms with Gasteiger partial charge in [-0.25, -0.2) is 0 Å². The van der Waals surface area contributed by atoms with Crippen molar-refractivity contribution in [2.45, 2.75) is 65.7 Å². The molecule has 0 bridgehead atoms. The average molecular weight is 495 g/mol. The number of carbonyl (C=O) groups is 2. The second-order valence-electron chi connectivity index (χ2n) is 8.62. The van der Waals surface area contributed by atoms with Gasteiger partial charge in [-0.3, -0.25) is 14.5 Å². The van der Waals surface area contributed by atoms with E-state index in [-0.39, 0.29) is 18.5 Å². The van der Waals surface area contributed by atoms with E-state index < -0.39 is 0 Å². The monoisotopic (exact) mass is 494 g/mol. The van der Waals surface area contributed by atoms with Crippen LogP contribution in [0.15, 0.2) is 37.0 Å². The topological polar surface area (TPSA) is 79.3 Å². The van der Waals surface area contributed by atoms with Gasteiger partial charge in [0.2, 0.25) is 0 Å².